The summed E-state index contributed by atoms with van der Waals surface area (Å²) in [6.07, 6.45) is 4.18. The molecule has 104 valence electrons. The summed E-state index contributed by atoms with van der Waals surface area (Å²) in [6, 6.07) is 8.21. The van der Waals surface area contributed by atoms with E-state index < -0.39 is 0 Å². The van der Waals surface area contributed by atoms with Gasteiger partial charge in [-0.3, -0.25) is 0 Å². The maximum Gasteiger partial charge on any atom is 0.411 e. The van der Waals surface area contributed by atoms with Crippen LogP contribution in [0.15, 0.2) is 36.7 Å². The molecule has 0 bridgehead atoms. The van der Waals surface area contributed by atoms with Gasteiger partial charge in [-0.05, 0) is 30.0 Å². The molecule has 0 radical (unpaired) electrons. The van der Waals surface area contributed by atoms with Gasteiger partial charge in [0.05, 0.1) is 6.20 Å². The first-order valence-electron chi connectivity index (χ1n) is 6.70. The number of amides is 1. The molecule has 0 N–H and O–H groups in total. The van der Waals surface area contributed by atoms with Crippen molar-refractivity contribution in [3.8, 4) is 0 Å². The number of fused-ring (bicyclic) bond motifs is 1. The highest BCUT2D eigenvalue weighted by atomic mass is 16.6. The maximum absolute atomic E-state index is 12.1. The fourth-order valence-electron chi connectivity index (χ4n) is 2.40. The van der Waals surface area contributed by atoms with Crippen LogP contribution < -0.4 is 0 Å². The molecule has 0 saturated carbocycles. The Bertz CT molecular complexity index is 621. The molecule has 0 spiro atoms. The zero-order chi connectivity index (χ0) is 13.9. The van der Waals surface area contributed by atoms with Crippen LogP contribution in [0.25, 0.3) is 0 Å². The van der Waals surface area contributed by atoms with Crippen molar-refractivity contribution in [2.24, 2.45) is 0 Å². The van der Waals surface area contributed by atoms with Crippen LogP contribution >= 0.6 is 0 Å². The number of hydrogen-bond donors (Lipinski definition) is 0. The van der Waals surface area contributed by atoms with Crippen LogP contribution in [0.2, 0.25) is 0 Å². The van der Waals surface area contributed by atoms with Gasteiger partial charge in [0.15, 0.2) is 6.73 Å². The van der Waals surface area contributed by atoms with Crippen molar-refractivity contribution < 1.29 is 9.53 Å². The topological polar surface area (TPSA) is 47.4 Å². The molecule has 20 heavy (non-hydrogen) atoms. The number of rotatable bonds is 2. The normalized spacial score (nSPS) is 13.9. The van der Waals surface area contributed by atoms with E-state index in [1.54, 1.807) is 15.8 Å². The van der Waals surface area contributed by atoms with Gasteiger partial charge < -0.3 is 9.64 Å². The van der Waals surface area contributed by atoms with E-state index in [0.717, 1.165) is 12.0 Å². The average molecular weight is 271 g/mol. The van der Waals surface area contributed by atoms with Crippen molar-refractivity contribution in [3.05, 3.63) is 53.3 Å². The first-order chi connectivity index (χ1) is 9.72. The van der Waals surface area contributed by atoms with Crippen molar-refractivity contribution in [3.63, 3.8) is 0 Å². The van der Waals surface area contributed by atoms with Crippen molar-refractivity contribution in [1.82, 2.24) is 14.7 Å². The lowest BCUT2D eigenvalue weighted by molar-refractivity contribution is 0.0675. The van der Waals surface area contributed by atoms with Gasteiger partial charge in [-0.1, -0.05) is 24.3 Å². The van der Waals surface area contributed by atoms with Crippen molar-refractivity contribution in [2.45, 2.75) is 26.6 Å². The van der Waals surface area contributed by atoms with Crippen LogP contribution in [0, 0.1) is 6.92 Å². The second kappa shape index (κ2) is 5.36. The zero-order valence-electron chi connectivity index (χ0n) is 11.5. The minimum absolute atomic E-state index is 0.158. The minimum atomic E-state index is -0.285. The van der Waals surface area contributed by atoms with E-state index in [-0.39, 0.29) is 12.8 Å². The molecule has 5 nitrogen and oxygen atoms in total. The highest BCUT2D eigenvalue weighted by molar-refractivity contribution is 5.68. The Balaban J connectivity index is 1.59. The Morgan fingerprint density at radius 3 is 2.90 bits per heavy atom. The molecular formula is C15H17N3O2. The number of nitrogens with zero attached hydrogens (tertiary/aromatic N) is 3. The minimum Gasteiger partial charge on any atom is -0.426 e. The van der Waals surface area contributed by atoms with E-state index in [4.69, 9.17) is 4.74 Å². The lowest BCUT2D eigenvalue weighted by Gasteiger charge is -2.27. The Morgan fingerprint density at radius 1 is 1.35 bits per heavy atom. The second-order valence-corrected chi connectivity index (χ2v) is 5.04. The molecule has 5 heteroatoms. The van der Waals surface area contributed by atoms with Crippen LogP contribution in [0.5, 0.6) is 0 Å². The van der Waals surface area contributed by atoms with Gasteiger partial charge in [-0.2, -0.15) is 5.10 Å². The Kier molecular flexibility index (Phi) is 3.41. The summed E-state index contributed by atoms with van der Waals surface area (Å²) in [5.41, 5.74) is 3.57. The molecule has 0 atom stereocenters. The number of aryl methyl sites for hydroxylation is 1. The monoisotopic (exact) mass is 271 g/mol. The Morgan fingerprint density at radius 2 is 2.15 bits per heavy atom. The molecule has 0 saturated heterocycles. The SMILES string of the molecule is Cc1cnn(COC(=O)N2CCc3ccccc3C2)c1. The van der Waals surface area contributed by atoms with E-state index in [1.807, 2.05) is 25.3 Å². The Labute approximate surface area is 117 Å². The summed E-state index contributed by atoms with van der Waals surface area (Å²) in [4.78, 5) is 13.8. The van der Waals surface area contributed by atoms with Gasteiger partial charge in [0, 0.05) is 19.3 Å². The molecule has 0 unspecified atom stereocenters. The maximum atomic E-state index is 12.1. The molecule has 1 amide bonds. The highest BCUT2D eigenvalue weighted by Crippen LogP contribution is 2.18. The van der Waals surface area contributed by atoms with Gasteiger partial charge in [-0.25, -0.2) is 9.48 Å². The van der Waals surface area contributed by atoms with Crippen LogP contribution in [-0.2, 0) is 24.4 Å². The highest BCUT2D eigenvalue weighted by Gasteiger charge is 2.21. The second-order valence-electron chi connectivity index (χ2n) is 5.04. The lowest BCUT2D eigenvalue weighted by Crippen LogP contribution is -2.36. The molecule has 3 rings (SSSR count). The van der Waals surface area contributed by atoms with Gasteiger partial charge in [-0.15, -0.1) is 0 Å². The molecule has 1 aliphatic rings. The molecule has 1 aliphatic heterocycles. The predicted molar refractivity (Wildman–Crippen MR) is 74.0 cm³/mol. The molecule has 2 aromatic rings. The summed E-state index contributed by atoms with van der Waals surface area (Å²) < 4.78 is 6.90. The summed E-state index contributed by atoms with van der Waals surface area (Å²) in [5.74, 6) is 0. The van der Waals surface area contributed by atoms with Crippen LogP contribution in [0.3, 0.4) is 0 Å². The number of ether oxygens (including phenoxy) is 1. The van der Waals surface area contributed by atoms with Crippen molar-refractivity contribution in [1.29, 1.82) is 0 Å². The summed E-state index contributed by atoms with van der Waals surface area (Å²) in [7, 11) is 0. The van der Waals surface area contributed by atoms with Crippen molar-refractivity contribution in [2.75, 3.05) is 6.54 Å². The number of hydrogen-bond acceptors (Lipinski definition) is 3. The molecular weight excluding hydrogens is 254 g/mol. The van der Waals surface area contributed by atoms with Crippen LogP contribution in [-0.4, -0.2) is 27.3 Å². The van der Waals surface area contributed by atoms with Crippen molar-refractivity contribution >= 4 is 6.09 Å². The molecule has 2 heterocycles. The number of carbonyl (C=O) groups excluding carboxylic acids is 1. The van der Waals surface area contributed by atoms with Crippen LogP contribution in [0.4, 0.5) is 4.79 Å². The summed E-state index contributed by atoms with van der Waals surface area (Å²) in [6.45, 7) is 3.43. The third-order valence-corrected chi connectivity index (χ3v) is 3.47. The predicted octanol–water partition coefficient (Wildman–Crippen LogP) is 2.34. The third kappa shape index (κ3) is 2.66. The summed E-state index contributed by atoms with van der Waals surface area (Å²) in [5, 5.41) is 4.09. The van der Waals surface area contributed by atoms with Gasteiger partial charge in [0.1, 0.15) is 0 Å². The van der Waals surface area contributed by atoms with E-state index in [9.17, 15) is 4.79 Å². The van der Waals surface area contributed by atoms with Gasteiger partial charge in [0.2, 0.25) is 0 Å². The molecule has 1 aromatic carbocycles. The lowest BCUT2D eigenvalue weighted by atomic mass is 10.0. The standard InChI is InChI=1S/C15H17N3O2/c1-12-8-16-18(9-12)11-20-15(19)17-7-6-13-4-2-3-5-14(13)10-17/h2-5,8-9H,6-7,10-11H2,1H3. The quantitative estimate of drug-likeness (QED) is 0.842. The number of benzene rings is 1. The van der Waals surface area contributed by atoms with E-state index >= 15 is 0 Å². The average Bonchev–Trinajstić information content (AvgIpc) is 2.90. The largest absolute Gasteiger partial charge is 0.426 e. The molecule has 0 aliphatic carbocycles. The Hall–Kier alpha value is -2.30. The van der Waals surface area contributed by atoms with E-state index in [1.165, 1.54) is 11.1 Å². The molecule has 1 aromatic heterocycles. The number of aromatic nitrogens is 2. The molecule has 0 fully saturated rings. The number of carbonyl (C=O) groups is 1. The first-order valence-corrected chi connectivity index (χ1v) is 6.70. The van der Waals surface area contributed by atoms with Crippen LogP contribution in [0.1, 0.15) is 16.7 Å². The third-order valence-electron chi connectivity index (χ3n) is 3.47. The smallest absolute Gasteiger partial charge is 0.411 e. The van der Waals surface area contributed by atoms with E-state index in [2.05, 4.69) is 17.2 Å². The van der Waals surface area contributed by atoms with Gasteiger partial charge in [0.25, 0.3) is 0 Å². The fourth-order valence-corrected chi connectivity index (χ4v) is 2.40. The van der Waals surface area contributed by atoms with Gasteiger partial charge >= 0.3 is 6.09 Å². The van der Waals surface area contributed by atoms with E-state index in [0.29, 0.717) is 13.1 Å². The zero-order valence-corrected chi connectivity index (χ0v) is 11.5. The summed E-state index contributed by atoms with van der Waals surface area (Å²) >= 11 is 0. The fraction of sp³-hybridized carbons (Fsp3) is 0.333. The first kappa shape index (κ1) is 12.7.